The summed E-state index contributed by atoms with van der Waals surface area (Å²) < 4.78 is 4.90. The first-order valence-corrected chi connectivity index (χ1v) is 6.37. The first-order valence-electron chi connectivity index (χ1n) is 6.37. The third-order valence-electron chi connectivity index (χ3n) is 2.99. The number of carbonyl (C=O) groups is 2. The van der Waals surface area contributed by atoms with Gasteiger partial charge in [0.25, 0.3) is 11.5 Å². The maximum Gasteiger partial charge on any atom is 0.409 e. The smallest absolute Gasteiger partial charge is 0.409 e. The van der Waals surface area contributed by atoms with Crippen LogP contribution in [0.5, 0.6) is 0 Å². The van der Waals surface area contributed by atoms with E-state index in [9.17, 15) is 14.4 Å². The van der Waals surface area contributed by atoms with E-state index in [4.69, 9.17) is 4.74 Å². The van der Waals surface area contributed by atoms with Gasteiger partial charge in [-0.1, -0.05) is 0 Å². The summed E-state index contributed by atoms with van der Waals surface area (Å²) in [6.45, 7) is 3.69. The lowest BCUT2D eigenvalue weighted by Crippen LogP contribution is -2.51. The summed E-state index contributed by atoms with van der Waals surface area (Å²) in [6, 6.07) is 1.17. The molecule has 1 saturated heterocycles. The van der Waals surface area contributed by atoms with Crippen LogP contribution in [0.3, 0.4) is 0 Å². The molecular formula is C12H16N4O4. The van der Waals surface area contributed by atoms with Crippen molar-refractivity contribution < 1.29 is 14.3 Å². The molecule has 0 aliphatic carbocycles. The number of hydrogen-bond acceptors (Lipinski definition) is 5. The topological polar surface area (TPSA) is 95.6 Å². The van der Waals surface area contributed by atoms with Gasteiger partial charge in [-0.05, 0) is 6.92 Å². The van der Waals surface area contributed by atoms with E-state index in [2.05, 4.69) is 9.97 Å². The summed E-state index contributed by atoms with van der Waals surface area (Å²) in [6.07, 6.45) is 0.832. The highest BCUT2D eigenvalue weighted by Gasteiger charge is 2.26. The average Bonchev–Trinajstić information content (AvgIpc) is 2.47. The number of aromatic amines is 1. The van der Waals surface area contributed by atoms with Gasteiger partial charge in [0.15, 0.2) is 0 Å². The minimum absolute atomic E-state index is 0.110. The Morgan fingerprint density at radius 1 is 1.30 bits per heavy atom. The molecule has 2 rings (SSSR count). The Hall–Kier alpha value is -2.38. The lowest BCUT2D eigenvalue weighted by molar-refractivity contribution is 0.0565. The molecule has 0 aromatic carbocycles. The predicted molar refractivity (Wildman–Crippen MR) is 69.4 cm³/mol. The number of aromatic nitrogens is 2. The molecule has 8 nitrogen and oxygen atoms in total. The van der Waals surface area contributed by atoms with Crippen molar-refractivity contribution >= 4 is 12.0 Å². The van der Waals surface area contributed by atoms with Crippen molar-refractivity contribution in [3.63, 3.8) is 0 Å². The summed E-state index contributed by atoms with van der Waals surface area (Å²) in [5.41, 5.74) is -0.258. The van der Waals surface area contributed by atoms with E-state index in [1.165, 1.54) is 12.4 Å². The Kier molecular flexibility index (Phi) is 4.34. The number of H-pyrrole nitrogens is 1. The first-order chi connectivity index (χ1) is 9.61. The van der Waals surface area contributed by atoms with Gasteiger partial charge in [-0.25, -0.2) is 9.78 Å². The molecule has 0 radical (unpaired) electrons. The second-order valence-corrected chi connectivity index (χ2v) is 4.27. The van der Waals surface area contributed by atoms with E-state index in [1.54, 1.807) is 16.7 Å². The van der Waals surface area contributed by atoms with Gasteiger partial charge >= 0.3 is 6.09 Å². The molecule has 2 amide bonds. The highest BCUT2D eigenvalue weighted by molar-refractivity contribution is 5.92. The largest absolute Gasteiger partial charge is 0.450 e. The number of nitrogens with one attached hydrogen (secondary N) is 1. The molecule has 0 bridgehead atoms. The SMILES string of the molecule is CCOC(=O)N1CCN(C(=O)c2cc(=O)[nH]cn2)CC1. The monoisotopic (exact) mass is 280 g/mol. The minimum Gasteiger partial charge on any atom is -0.450 e. The fourth-order valence-electron chi connectivity index (χ4n) is 1.95. The molecule has 1 aromatic rings. The van der Waals surface area contributed by atoms with Crippen LogP contribution >= 0.6 is 0 Å². The molecule has 108 valence electrons. The second-order valence-electron chi connectivity index (χ2n) is 4.27. The van der Waals surface area contributed by atoms with Crippen LogP contribution in [0.1, 0.15) is 17.4 Å². The normalized spacial score (nSPS) is 15.1. The zero-order chi connectivity index (χ0) is 14.5. The van der Waals surface area contributed by atoms with Crippen molar-refractivity contribution in [2.24, 2.45) is 0 Å². The van der Waals surface area contributed by atoms with Gasteiger partial charge in [-0.2, -0.15) is 0 Å². The molecule has 1 N–H and O–H groups in total. The van der Waals surface area contributed by atoms with E-state index in [0.29, 0.717) is 32.8 Å². The number of piperazine rings is 1. The molecule has 0 atom stereocenters. The fourth-order valence-corrected chi connectivity index (χ4v) is 1.95. The quantitative estimate of drug-likeness (QED) is 0.801. The molecule has 1 fully saturated rings. The molecule has 2 heterocycles. The van der Waals surface area contributed by atoms with Crippen LogP contribution in [-0.4, -0.2) is 64.6 Å². The number of ether oxygens (including phenoxy) is 1. The van der Waals surface area contributed by atoms with Gasteiger partial charge in [0.2, 0.25) is 0 Å². The fraction of sp³-hybridized carbons (Fsp3) is 0.500. The van der Waals surface area contributed by atoms with Crippen molar-refractivity contribution in [3.05, 3.63) is 28.4 Å². The molecule has 8 heteroatoms. The third kappa shape index (κ3) is 3.14. The van der Waals surface area contributed by atoms with Gasteiger partial charge in [0.1, 0.15) is 5.69 Å². The lowest BCUT2D eigenvalue weighted by Gasteiger charge is -2.33. The molecule has 1 aliphatic heterocycles. The van der Waals surface area contributed by atoms with Crippen molar-refractivity contribution in [2.75, 3.05) is 32.8 Å². The van der Waals surface area contributed by atoms with Crippen LogP contribution in [-0.2, 0) is 4.74 Å². The summed E-state index contributed by atoms with van der Waals surface area (Å²) in [5, 5.41) is 0. The molecule has 0 saturated carbocycles. The molecule has 1 aromatic heterocycles. The van der Waals surface area contributed by atoms with Crippen molar-refractivity contribution in [1.82, 2.24) is 19.8 Å². The third-order valence-corrected chi connectivity index (χ3v) is 2.99. The van der Waals surface area contributed by atoms with Gasteiger partial charge in [0, 0.05) is 32.2 Å². The lowest BCUT2D eigenvalue weighted by atomic mass is 10.3. The summed E-state index contributed by atoms with van der Waals surface area (Å²) in [4.78, 5) is 44.1. The van der Waals surface area contributed by atoms with E-state index < -0.39 is 0 Å². The Morgan fingerprint density at radius 3 is 2.55 bits per heavy atom. The van der Waals surface area contributed by atoms with Crippen LogP contribution in [0.15, 0.2) is 17.2 Å². The van der Waals surface area contributed by atoms with E-state index in [1.807, 2.05) is 0 Å². The van der Waals surface area contributed by atoms with Gasteiger partial charge in [0.05, 0.1) is 12.9 Å². The number of nitrogens with zero attached hydrogens (tertiary/aromatic N) is 3. The maximum atomic E-state index is 12.1. The van der Waals surface area contributed by atoms with E-state index in [0.717, 1.165) is 0 Å². The van der Waals surface area contributed by atoms with Gasteiger partial charge in [-0.15, -0.1) is 0 Å². The highest BCUT2D eigenvalue weighted by Crippen LogP contribution is 2.07. The summed E-state index contributed by atoms with van der Waals surface area (Å²) >= 11 is 0. The Balaban J connectivity index is 1.95. The van der Waals surface area contributed by atoms with Crippen LogP contribution in [0.2, 0.25) is 0 Å². The summed E-state index contributed by atoms with van der Waals surface area (Å²) in [5.74, 6) is -0.306. The van der Waals surface area contributed by atoms with Crippen molar-refractivity contribution in [2.45, 2.75) is 6.92 Å². The van der Waals surface area contributed by atoms with Gasteiger partial charge < -0.3 is 19.5 Å². The molecular weight excluding hydrogens is 264 g/mol. The highest BCUT2D eigenvalue weighted by atomic mass is 16.6. The van der Waals surface area contributed by atoms with E-state index in [-0.39, 0.29) is 23.3 Å². The number of rotatable bonds is 2. The summed E-state index contributed by atoms with van der Waals surface area (Å²) in [7, 11) is 0. The zero-order valence-corrected chi connectivity index (χ0v) is 11.2. The average molecular weight is 280 g/mol. The van der Waals surface area contributed by atoms with Crippen molar-refractivity contribution in [1.29, 1.82) is 0 Å². The molecule has 1 aliphatic rings. The number of carbonyl (C=O) groups excluding carboxylic acids is 2. The maximum absolute atomic E-state index is 12.1. The van der Waals surface area contributed by atoms with Gasteiger partial charge in [-0.3, -0.25) is 9.59 Å². The first kappa shape index (κ1) is 14.0. The molecule has 0 unspecified atom stereocenters. The van der Waals surface area contributed by atoms with Crippen LogP contribution in [0.4, 0.5) is 4.79 Å². The Bertz CT molecular complexity index is 548. The van der Waals surface area contributed by atoms with Crippen molar-refractivity contribution in [3.8, 4) is 0 Å². The molecule has 20 heavy (non-hydrogen) atoms. The zero-order valence-electron chi connectivity index (χ0n) is 11.2. The van der Waals surface area contributed by atoms with E-state index >= 15 is 0 Å². The van der Waals surface area contributed by atoms with Crippen LogP contribution in [0, 0.1) is 0 Å². The molecule has 0 spiro atoms. The Morgan fingerprint density at radius 2 is 1.95 bits per heavy atom. The standard InChI is InChI=1S/C12H16N4O4/c1-2-20-12(19)16-5-3-15(4-6-16)11(18)9-7-10(17)14-8-13-9/h7-8H,2-6H2,1H3,(H,13,14,17). The minimum atomic E-state index is -0.367. The predicted octanol–water partition coefficient (Wildman–Crippen LogP) is -0.316. The second kappa shape index (κ2) is 6.18. The van der Waals surface area contributed by atoms with Crippen LogP contribution in [0.25, 0.3) is 0 Å². The number of amides is 2. The van der Waals surface area contributed by atoms with Crippen LogP contribution < -0.4 is 5.56 Å². The Labute approximate surface area is 115 Å². The number of hydrogen-bond donors (Lipinski definition) is 1.